The van der Waals surface area contributed by atoms with Crippen molar-refractivity contribution in [1.29, 1.82) is 0 Å². The van der Waals surface area contributed by atoms with E-state index >= 15 is 0 Å². The Labute approximate surface area is 179 Å². The number of primary amides is 1. The number of nitrogen functional groups attached to an aromatic ring is 1. The zero-order valence-electron chi connectivity index (χ0n) is 17.5. The summed E-state index contributed by atoms with van der Waals surface area (Å²) in [6, 6.07) is 4.97. The predicted octanol–water partition coefficient (Wildman–Crippen LogP) is 2.32. The van der Waals surface area contributed by atoms with E-state index in [2.05, 4.69) is 25.2 Å². The number of nitrogens with two attached hydrogens (primary N) is 2. The number of aromatic nitrogens is 4. The van der Waals surface area contributed by atoms with Crippen LogP contribution in [0.1, 0.15) is 36.9 Å². The second-order valence-electron chi connectivity index (χ2n) is 7.95. The van der Waals surface area contributed by atoms with Gasteiger partial charge in [0.15, 0.2) is 0 Å². The molecular weight excluding hydrogens is 399 g/mol. The molecule has 0 unspecified atom stereocenters. The number of nitrogens with zero attached hydrogens (tertiary/aromatic N) is 5. The highest BCUT2D eigenvalue weighted by atomic mass is 19.1. The lowest BCUT2D eigenvalue weighted by Gasteiger charge is -2.25. The number of amides is 1. The predicted molar refractivity (Wildman–Crippen MR) is 117 cm³/mol. The van der Waals surface area contributed by atoms with E-state index in [1.807, 2.05) is 13.0 Å². The first-order valence-electron chi connectivity index (χ1n) is 10.2. The Morgan fingerprint density at radius 1 is 1.35 bits per heavy atom. The van der Waals surface area contributed by atoms with Crippen molar-refractivity contribution in [3.8, 4) is 0 Å². The highest BCUT2D eigenvalue weighted by molar-refractivity contribution is 5.85. The van der Waals surface area contributed by atoms with E-state index in [0.29, 0.717) is 30.0 Å². The van der Waals surface area contributed by atoms with Crippen LogP contribution in [0, 0.1) is 18.7 Å². The van der Waals surface area contributed by atoms with Crippen molar-refractivity contribution in [2.24, 2.45) is 11.7 Å². The van der Waals surface area contributed by atoms with Gasteiger partial charge in [0, 0.05) is 36.0 Å². The fraction of sp³-hybridized carbons (Fsp3) is 0.381. The van der Waals surface area contributed by atoms with Crippen LogP contribution in [0.5, 0.6) is 0 Å². The highest BCUT2D eigenvalue weighted by Gasteiger charge is 2.28. The first-order chi connectivity index (χ1) is 14.8. The van der Waals surface area contributed by atoms with Crippen LogP contribution in [0.25, 0.3) is 10.9 Å². The van der Waals surface area contributed by atoms with Gasteiger partial charge in [-0.05, 0) is 44.4 Å². The molecule has 162 valence electrons. The molecule has 3 aromatic rings. The number of aryl methyl sites for hydroxylation is 1. The molecule has 1 fully saturated rings. The number of hydrogen-bond donors (Lipinski definition) is 3. The van der Waals surface area contributed by atoms with Crippen LogP contribution in [0.4, 0.5) is 22.1 Å². The normalized spacial score (nSPS) is 17.1. The number of hydrogen-bond acceptors (Lipinski definition) is 8. The molecule has 0 bridgehead atoms. The van der Waals surface area contributed by atoms with E-state index in [4.69, 9.17) is 16.5 Å². The van der Waals surface area contributed by atoms with Crippen LogP contribution >= 0.6 is 0 Å². The number of benzene rings is 1. The molecule has 1 amide bonds. The maximum absolute atomic E-state index is 14.2. The summed E-state index contributed by atoms with van der Waals surface area (Å²) in [6.45, 7) is 5.10. The summed E-state index contributed by atoms with van der Waals surface area (Å²) in [7, 11) is 0. The van der Waals surface area contributed by atoms with E-state index < -0.39 is 0 Å². The zero-order chi connectivity index (χ0) is 22.1. The fourth-order valence-electron chi connectivity index (χ4n) is 4.06. The number of pyridine rings is 1. The summed E-state index contributed by atoms with van der Waals surface area (Å²) >= 11 is 0. The van der Waals surface area contributed by atoms with Crippen molar-refractivity contribution in [1.82, 2.24) is 19.9 Å². The Balaban J connectivity index is 1.74. The van der Waals surface area contributed by atoms with E-state index in [1.54, 1.807) is 13.0 Å². The lowest BCUT2D eigenvalue weighted by molar-refractivity contribution is -0.118. The smallest absolute Gasteiger partial charge is 0.227 e. The van der Waals surface area contributed by atoms with Crippen LogP contribution < -0.4 is 21.7 Å². The SMILES string of the molecule is Cc1c(F)ccc2cc([C@H](C)Nc3ncnc(N)n3)c(N3CC[C@H](CC(N)=O)C3)nc12. The number of rotatable bonds is 6. The standard InChI is InChI=1S/C21H25FN8O/c1-11-16(22)4-3-14-8-15(12(2)27-21-26-10-25-20(24)29-21)19(28-18(11)14)30-6-5-13(9-30)7-17(23)31/h3-4,8,10,12-13H,5-7,9H2,1-2H3,(H2,23,31)(H3,24,25,26,27,29)/t12-,13+/m0/s1. The molecule has 1 aromatic carbocycles. The van der Waals surface area contributed by atoms with Crippen LogP contribution in [0.15, 0.2) is 24.5 Å². The molecule has 31 heavy (non-hydrogen) atoms. The van der Waals surface area contributed by atoms with Crippen molar-refractivity contribution in [2.75, 3.05) is 29.0 Å². The molecule has 5 N–H and O–H groups in total. The van der Waals surface area contributed by atoms with Gasteiger partial charge in [0.25, 0.3) is 0 Å². The molecular formula is C21H25FN8O. The molecule has 0 aliphatic carbocycles. The number of nitrogens with one attached hydrogen (secondary N) is 1. The van der Waals surface area contributed by atoms with Crippen molar-refractivity contribution < 1.29 is 9.18 Å². The minimum absolute atomic E-state index is 0.126. The number of anilines is 3. The molecule has 1 aliphatic rings. The molecule has 2 aromatic heterocycles. The molecule has 0 radical (unpaired) electrons. The van der Waals surface area contributed by atoms with Gasteiger partial charge in [-0.3, -0.25) is 4.79 Å². The van der Waals surface area contributed by atoms with Gasteiger partial charge in [-0.2, -0.15) is 4.98 Å². The van der Waals surface area contributed by atoms with Gasteiger partial charge < -0.3 is 21.7 Å². The lowest BCUT2D eigenvalue weighted by atomic mass is 10.0. The Bertz CT molecular complexity index is 1140. The Hall–Kier alpha value is -3.56. The quantitative estimate of drug-likeness (QED) is 0.548. The third kappa shape index (κ3) is 4.32. The van der Waals surface area contributed by atoms with Gasteiger partial charge in [-0.1, -0.05) is 0 Å². The first kappa shape index (κ1) is 20.7. The highest BCUT2D eigenvalue weighted by Crippen LogP contribution is 2.34. The second kappa shape index (κ2) is 8.29. The van der Waals surface area contributed by atoms with Crippen LogP contribution in [-0.4, -0.2) is 38.9 Å². The Morgan fingerprint density at radius 3 is 2.90 bits per heavy atom. The lowest BCUT2D eigenvalue weighted by Crippen LogP contribution is -2.25. The monoisotopic (exact) mass is 424 g/mol. The molecule has 10 heteroatoms. The largest absolute Gasteiger partial charge is 0.370 e. The fourth-order valence-corrected chi connectivity index (χ4v) is 4.06. The van der Waals surface area contributed by atoms with Crippen LogP contribution in [0.3, 0.4) is 0 Å². The van der Waals surface area contributed by atoms with Crippen molar-refractivity contribution >= 4 is 34.5 Å². The molecule has 2 atom stereocenters. The summed E-state index contributed by atoms with van der Waals surface area (Å²) in [5.74, 6) is 0.798. The van der Waals surface area contributed by atoms with Gasteiger partial charge in [-0.15, -0.1) is 0 Å². The second-order valence-corrected chi connectivity index (χ2v) is 7.95. The first-order valence-corrected chi connectivity index (χ1v) is 10.2. The third-order valence-corrected chi connectivity index (χ3v) is 5.66. The minimum atomic E-state index is -0.307. The number of carbonyl (C=O) groups excluding carboxylic acids is 1. The summed E-state index contributed by atoms with van der Waals surface area (Å²) in [6.07, 6.45) is 2.53. The molecule has 3 heterocycles. The molecule has 1 saturated heterocycles. The van der Waals surface area contributed by atoms with Crippen LogP contribution in [-0.2, 0) is 4.79 Å². The van der Waals surface area contributed by atoms with Gasteiger partial charge in [-0.25, -0.2) is 19.3 Å². The topological polar surface area (TPSA) is 136 Å². The van der Waals surface area contributed by atoms with Gasteiger partial charge in [0.1, 0.15) is 18.0 Å². The van der Waals surface area contributed by atoms with Gasteiger partial charge in [0.05, 0.1) is 11.6 Å². The maximum Gasteiger partial charge on any atom is 0.227 e. The van der Waals surface area contributed by atoms with Gasteiger partial charge >= 0.3 is 0 Å². The number of fused-ring (bicyclic) bond motifs is 1. The Kier molecular flexibility index (Phi) is 5.53. The maximum atomic E-state index is 14.2. The van der Waals surface area contributed by atoms with Crippen molar-refractivity contribution in [3.63, 3.8) is 0 Å². The summed E-state index contributed by atoms with van der Waals surface area (Å²) in [5.41, 5.74) is 13.1. The molecule has 0 spiro atoms. The average Bonchev–Trinajstić information content (AvgIpc) is 3.17. The summed E-state index contributed by atoms with van der Waals surface area (Å²) < 4.78 is 14.2. The average molecular weight is 424 g/mol. The van der Waals surface area contributed by atoms with Gasteiger partial charge in [0.2, 0.25) is 17.8 Å². The van der Waals surface area contributed by atoms with Crippen molar-refractivity contribution in [2.45, 2.75) is 32.7 Å². The van der Waals surface area contributed by atoms with E-state index in [1.165, 1.54) is 12.4 Å². The molecule has 1 aliphatic heterocycles. The van der Waals surface area contributed by atoms with Crippen molar-refractivity contribution in [3.05, 3.63) is 41.5 Å². The number of carbonyl (C=O) groups is 1. The summed E-state index contributed by atoms with van der Waals surface area (Å²) in [5, 5.41) is 4.08. The minimum Gasteiger partial charge on any atom is -0.370 e. The molecule has 0 saturated carbocycles. The molecule has 9 nitrogen and oxygen atoms in total. The third-order valence-electron chi connectivity index (χ3n) is 5.66. The van der Waals surface area contributed by atoms with E-state index in [9.17, 15) is 9.18 Å². The van der Waals surface area contributed by atoms with E-state index in [0.717, 1.165) is 29.7 Å². The van der Waals surface area contributed by atoms with Crippen LogP contribution in [0.2, 0.25) is 0 Å². The Morgan fingerprint density at radius 2 is 2.16 bits per heavy atom. The number of halogens is 1. The zero-order valence-corrected chi connectivity index (χ0v) is 17.5. The summed E-state index contributed by atoms with van der Waals surface area (Å²) in [4.78, 5) is 30.4. The van der Waals surface area contributed by atoms with E-state index in [-0.39, 0.29) is 29.6 Å². The molecule has 4 rings (SSSR count).